The van der Waals surface area contributed by atoms with E-state index < -0.39 is 12.2 Å². The zero-order valence-corrected chi connectivity index (χ0v) is 5.03. The highest BCUT2D eigenvalue weighted by molar-refractivity contribution is 4.94. The Morgan fingerprint density at radius 2 is 2.22 bits per heavy atom. The minimum Gasteiger partial charge on any atom is -0.388 e. The highest BCUT2D eigenvalue weighted by atomic mass is 16.5. The van der Waals surface area contributed by atoms with E-state index in [9.17, 15) is 0 Å². The Balaban J connectivity index is 2.46. The number of hydrogen-bond acceptors (Lipinski definition) is 3. The Labute approximate surface area is 53.6 Å². The van der Waals surface area contributed by atoms with Gasteiger partial charge < -0.3 is 14.9 Å². The highest BCUT2D eigenvalue weighted by Gasteiger charge is 2.14. The summed E-state index contributed by atoms with van der Waals surface area (Å²) in [6.07, 6.45) is 1.72. The topological polar surface area (TPSA) is 49.7 Å². The maximum Gasteiger partial charge on any atom is 0.107 e. The molecule has 2 N–H and O–H groups in total. The Morgan fingerprint density at radius 1 is 1.44 bits per heavy atom. The van der Waals surface area contributed by atoms with Crippen molar-refractivity contribution >= 4 is 0 Å². The molecule has 1 aliphatic heterocycles. The van der Waals surface area contributed by atoms with E-state index in [4.69, 9.17) is 14.9 Å². The van der Waals surface area contributed by atoms with Gasteiger partial charge in [-0.05, 0) is 0 Å². The van der Waals surface area contributed by atoms with E-state index in [2.05, 4.69) is 0 Å². The first kappa shape index (κ1) is 6.74. The molecule has 0 aromatic carbocycles. The fraction of sp³-hybridized carbons (Fsp3) is 0.667. The van der Waals surface area contributed by atoms with Gasteiger partial charge in [0.15, 0.2) is 0 Å². The highest BCUT2D eigenvalue weighted by Crippen LogP contribution is 2.00. The van der Waals surface area contributed by atoms with Gasteiger partial charge in [0.1, 0.15) is 12.2 Å². The van der Waals surface area contributed by atoms with E-state index in [-0.39, 0.29) is 6.61 Å². The second-order valence-corrected chi connectivity index (χ2v) is 2.02. The molecule has 0 fully saturated rings. The van der Waals surface area contributed by atoms with E-state index in [0.717, 1.165) is 0 Å². The van der Waals surface area contributed by atoms with Crippen molar-refractivity contribution in [3.05, 3.63) is 12.2 Å². The van der Waals surface area contributed by atoms with Crippen LogP contribution in [-0.2, 0) is 4.74 Å². The van der Waals surface area contributed by atoms with Gasteiger partial charge in [0.2, 0.25) is 0 Å². The first-order valence-electron chi connectivity index (χ1n) is 2.91. The summed E-state index contributed by atoms with van der Waals surface area (Å²) in [6.45, 7) is 0.697. The molecule has 0 aliphatic carbocycles. The van der Waals surface area contributed by atoms with E-state index in [0.29, 0.717) is 6.61 Å². The average molecular weight is 130 g/mol. The SMILES string of the molecule is O[C@@H]1COCC=C[C@@H]1O. The standard InChI is InChI=1S/C6H10O3/c7-5-2-1-3-9-4-6(5)8/h1-2,5-8H,3-4H2/t5-,6+/m0/s1. The van der Waals surface area contributed by atoms with E-state index >= 15 is 0 Å². The number of aliphatic hydroxyl groups excluding tert-OH is 2. The van der Waals surface area contributed by atoms with Gasteiger partial charge in [-0.15, -0.1) is 0 Å². The van der Waals surface area contributed by atoms with Gasteiger partial charge in [-0.2, -0.15) is 0 Å². The summed E-state index contributed by atoms with van der Waals surface area (Å²) in [4.78, 5) is 0. The van der Waals surface area contributed by atoms with E-state index in [1.807, 2.05) is 0 Å². The van der Waals surface area contributed by atoms with Crippen LogP contribution in [0.25, 0.3) is 0 Å². The maximum absolute atomic E-state index is 8.94. The molecule has 0 amide bonds. The molecule has 0 aromatic rings. The maximum atomic E-state index is 8.94. The van der Waals surface area contributed by atoms with Crippen molar-refractivity contribution in [2.45, 2.75) is 12.2 Å². The second-order valence-electron chi connectivity index (χ2n) is 2.02. The molecule has 9 heavy (non-hydrogen) atoms. The van der Waals surface area contributed by atoms with E-state index in [1.54, 1.807) is 6.08 Å². The first-order chi connectivity index (χ1) is 4.30. The molecule has 52 valence electrons. The predicted octanol–water partition coefficient (Wildman–Crippen LogP) is -0.705. The van der Waals surface area contributed by atoms with Crippen molar-refractivity contribution in [1.82, 2.24) is 0 Å². The third kappa shape index (κ3) is 1.78. The molecule has 3 nitrogen and oxygen atoms in total. The molecule has 2 atom stereocenters. The van der Waals surface area contributed by atoms with Crippen LogP contribution in [0.4, 0.5) is 0 Å². The normalized spacial score (nSPS) is 36.2. The molecule has 0 saturated heterocycles. The molecule has 1 rings (SSSR count). The summed E-state index contributed by atoms with van der Waals surface area (Å²) in [5, 5.41) is 17.9. The Hall–Kier alpha value is -0.380. The Kier molecular flexibility index (Phi) is 2.22. The van der Waals surface area contributed by atoms with Crippen molar-refractivity contribution in [2.24, 2.45) is 0 Å². The van der Waals surface area contributed by atoms with Crippen molar-refractivity contribution in [1.29, 1.82) is 0 Å². The number of rotatable bonds is 0. The van der Waals surface area contributed by atoms with Crippen LogP contribution in [0.3, 0.4) is 0 Å². The number of ether oxygens (including phenoxy) is 1. The lowest BCUT2D eigenvalue weighted by Gasteiger charge is -2.10. The third-order valence-electron chi connectivity index (χ3n) is 1.23. The van der Waals surface area contributed by atoms with Crippen molar-refractivity contribution in [2.75, 3.05) is 13.2 Å². The van der Waals surface area contributed by atoms with Gasteiger partial charge in [-0.1, -0.05) is 12.2 Å². The van der Waals surface area contributed by atoms with Crippen LogP contribution in [0.15, 0.2) is 12.2 Å². The summed E-state index contributed by atoms with van der Waals surface area (Å²) in [6, 6.07) is 0. The molecule has 0 bridgehead atoms. The monoisotopic (exact) mass is 130 g/mol. The van der Waals surface area contributed by atoms with Gasteiger partial charge in [0.05, 0.1) is 13.2 Å². The zero-order chi connectivity index (χ0) is 6.69. The summed E-state index contributed by atoms with van der Waals surface area (Å²) in [5.41, 5.74) is 0. The minimum absolute atomic E-state index is 0.216. The molecular formula is C6H10O3. The van der Waals surface area contributed by atoms with Crippen LogP contribution >= 0.6 is 0 Å². The summed E-state index contributed by atoms with van der Waals surface area (Å²) in [5.74, 6) is 0. The fourth-order valence-corrected chi connectivity index (χ4v) is 0.679. The van der Waals surface area contributed by atoms with Gasteiger partial charge in [0.25, 0.3) is 0 Å². The summed E-state index contributed by atoms with van der Waals surface area (Å²) < 4.78 is 4.88. The zero-order valence-electron chi connectivity index (χ0n) is 5.03. The molecular weight excluding hydrogens is 120 g/mol. The lowest BCUT2D eigenvalue weighted by molar-refractivity contribution is -0.00631. The van der Waals surface area contributed by atoms with Gasteiger partial charge >= 0.3 is 0 Å². The number of aliphatic hydroxyl groups is 2. The molecule has 1 aliphatic rings. The summed E-state index contributed by atoms with van der Waals surface area (Å²) >= 11 is 0. The first-order valence-corrected chi connectivity index (χ1v) is 2.91. The lowest BCUT2D eigenvalue weighted by Crippen LogP contribution is -2.26. The Morgan fingerprint density at radius 3 is 3.00 bits per heavy atom. The van der Waals surface area contributed by atoms with Crippen molar-refractivity contribution < 1.29 is 14.9 Å². The molecule has 0 saturated carbocycles. The predicted molar refractivity (Wildman–Crippen MR) is 32.0 cm³/mol. The van der Waals surface area contributed by atoms with Crippen molar-refractivity contribution in [3.8, 4) is 0 Å². The van der Waals surface area contributed by atoms with E-state index in [1.165, 1.54) is 6.08 Å². The molecule has 0 spiro atoms. The van der Waals surface area contributed by atoms with Gasteiger partial charge in [0, 0.05) is 0 Å². The smallest absolute Gasteiger partial charge is 0.107 e. The van der Waals surface area contributed by atoms with Crippen LogP contribution in [0, 0.1) is 0 Å². The van der Waals surface area contributed by atoms with Crippen LogP contribution in [0.5, 0.6) is 0 Å². The van der Waals surface area contributed by atoms with Crippen LogP contribution in [-0.4, -0.2) is 35.6 Å². The molecule has 0 unspecified atom stereocenters. The van der Waals surface area contributed by atoms with Crippen LogP contribution in [0.1, 0.15) is 0 Å². The second kappa shape index (κ2) is 2.96. The minimum atomic E-state index is -0.760. The van der Waals surface area contributed by atoms with Gasteiger partial charge in [-0.3, -0.25) is 0 Å². The average Bonchev–Trinajstić information content (AvgIpc) is 1.99. The van der Waals surface area contributed by atoms with Crippen LogP contribution in [0.2, 0.25) is 0 Å². The Bertz CT molecular complexity index is 111. The summed E-state index contributed by atoms with van der Waals surface area (Å²) in [7, 11) is 0. The fourth-order valence-electron chi connectivity index (χ4n) is 0.679. The molecule has 0 aromatic heterocycles. The van der Waals surface area contributed by atoms with Gasteiger partial charge in [-0.25, -0.2) is 0 Å². The molecule has 0 radical (unpaired) electrons. The molecule has 1 heterocycles. The quantitative estimate of drug-likeness (QED) is 0.426. The molecule has 3 heteroatoms. The van der Waals surface area contributed by atoms with Crippen LogP contribution < -0.4 is 0 Å². The largest absolute Gasteiger partial charge is 0.388 e. The third-order valence-corrected chi connectivity index (χ3v) is 1.23. The number of hydrogen-bond donors (Lipinski definition) is 2. The lowest BCUT2D eigenvalue weighted by atomic mass is 10.2. The van der Waals surface area contributed by atoms with Crippen molar-refractivity contribution in [3.63, 3.8) is 0 Å².